The van der Waals surface area contributed by atoms with Crippen molar-refractivity contribution in [2.75, 3.05) is 40.6 Å². The van der Waals surface area contributed by atoms with Gasteiger partial charge in [-0.2, -0.15) is 11.8 Å². The van der Waals surface area contributed by atoms with Gasteiger partial charge in [-0.05, 0) is 94.2 Å². The van der Waals surface area contributed by atoms with Gasteiger partial charge in [0.25, 0.3) is 5.91 Å². The fraction of sp³-hybridized carbons (Fsp3) is 0.684. The molecule has 2 aliphatic rings. The Balaban J connectivity index is 1.39. The number of primary amides is 1. The summed E-state index contributed by atoms with van der Waals surface area (Å²) in [5.74, 6) is -3.94. The molecule has 2 fully saturated rings. The van der Waals surface area contributed by atoms with E-state index in [0.29, 0.717) is 62.1 Å². The first-order valence-corrected chi connectivity index (χ1v) is 29.8. The van der Waals surface area contributed by atoms with Crippen molar-refractivity contribution in [3.05, 3.63) is 51.5 Å². The molecule has 0 spiro atoms. The summed E-state index contributed by atoms with van der Waals surface area (Å²) in [5, 5.41) is 17.6. The molecule has 1 aromatic heterocycles. The van der Waals surface area contributed by atoms with Gasteiger partial charge in [-0.15, -0.1) is 11.3 Å². The first-order valence-electron chi connectivity index (χ1n) is 27.6. The number of nitrogens with two attached hydrogens (primary N) is 1. The summed E-state index contributed by atoms with van der Waals surface area (Å²) in [6.45, 7) is 10.9. The molecule has 2 saturated heterocycles. The van der Waals surface area contributed by atoms with E-state index in [-0.39, 0.29) is 115 Å². The van der Waals surface area contributed by atoms with Crippen LogP contribution in [0.5, 0.6) is 0 Å². The van der Waals surface area contributed by atoms with Crippen molar-refractivity contribution in [1.29, 1.82) is 0 Å². The number of carbonyl (C=O) groups excluding carboxylic acids is 8. The summed E-state index contributed by atoms with van der Waals surface area (Å²) in [7, 11) is 5.36. The van der Waals surface area contributed by atoms with Gasteiger partial charge >= 0.3 is 5.97 Å². The third-order valence-electron chi connectivity index (χ3n) is 15.5. The van der Waals surface area contributed by atoms with Crippen molar-refractivity contribution in [3.63, 3.8) is 0 Å². The molecule has 6 amide bonds. The lowest BCUT2D eigenvalue weighted by molar-refractivity contribution is -0.143. The number of ether oxygens (including phenoxy) is 1. The molecule has 0 bridgehead atoms. The molecule has 18 nitrogen and oxygen atoms in total. The van der Waals surface area contributed by atoms with E-state index in [0.717, 1.165) is 37.8 Å². The Bertz CT molecular complexity index is 2310. The summed E-state index contributed by atoms with van der Waals surface area (Å²) in [4.78, 5) is 127. The van der Waals surface area contributed by atoms with Crippen molar-refractivity contribution < 1.29 is 53.0 Å². The minimum absolute atomic E-state index is 0.00342. The molecule has 5 N–H and O–H groups in total. The van der Waals surface area contributed by atoms with Crippen LogP contribution in [0.1, 0.15) is 170 Å². The van der Waals surface area contributed by atoms with Crippen LogP contribution in [0, 0.1) is 23.7 Å². The number of rotatable bonds is 35. The van der Waals surface area contributed by atoms with Crippen LogP contribution in [-0.2, 0) is 55.9 Å². The monoisotopic (exact) mass is 1110 g/mol. The van der Waals surface area contributed by atoms with E-state index < -0.39 is 47.8 Å². The maximum atomic E-state index is 14.4. The molecular formula is C57H87N7O11S2. The number of piperidine rings is 1. The summed E-state index contributed by atoms with van der Waals surface area (Å²) in [6, 6.07) is 5.41. The van der Waals surface area contributed by atoms with Crippen LogP contribution in [0.4, 0.5) is 0 Å². The lowest BCUT2D eigenvalue weighted by Gasteiger charge is -2.37. The van der Waals surface area contributed by atoms with Crippen molar-refractivity contribution in [2.24, 2.45) is 29.4 Å². The van der Waals surface area contributed by atoms with E-state index >= 15 is 0 Å². The van der Waals surface area contributed by atoms with Crippen LogP contribution >= 0.6 is 23.1 Å². The average Bonchev–Trinajstić information content (AvgIpc) is 4.00. The largest absolute Gasteiger partial charge is 0.481 e. The number of aromatic nitrogens is 1. The molecular weight excluding hydrogens is 1020 g/mol. The molecule has 0 saturated carbocycles. The highest BCUT2D eigenvalue weighted by Gasteiger charge is 2.39. The number of thioether (sulfide) groups is 1. The van der Waals surface area contributed by atoms with Gasteiger partial charge in [0.1, 0.15) is 16.8 Å². The number of benzene rings is 1. The summed E-state index contributed by atoms with van der Waals surface area (Å²) in [6.07, 6.45) is 9.41. The normalized spacial score (nSPS) is 18.8. The molecule has 2 aromatic rings. The molecule has 0 aliphatic carbocycles. The maximum absolute atomic E-state index is 14.4. The van der Waals surface area contributed by atoms with Crippen molar-refractivity contribution >= 4 is 76.1 Å². The number of hydrogen-bond donors (Lipinski definition) is 4. The van der Waals surface area contributed by atoms with Crippen LogP contribution in [0.15, 0.2) is 29.6 Å². The van der Waals surface area contributed by atoms with Crippen molar-refractivity contribution in [2.45, 2.75) is 186 Å². The highest BCUT2D eigenvalue weighted by atomic mass is 32.2. The molecule has 3 heterocycles. The van der Waals surface area contributed by atoms with E-state index in [2.05, 4.69) is 15.5 Å². The molecule has 20 heteroatoms. The quantitative estimate of drug-likeness (QED) is 0.0402. The van der Waals surface area contributed by atoms with Crippen LogP contribution in [0.25, 0.3) is 0 Å². The molecule has 428 valence electrons. The molecule has 2 aliphatic heterocycles. The minimum Gasteiger partial charge on any atom is -0.481 e. The molecule has 9 atom stereocenters. The van der Waals surface area contributed by atoms with Gasteiger partial charge in [0.15, 0.2) is 11.6 Å². The number of carboxylic acid groups (broad SMARTS) is 1. The number of carbonyl (C=O) groups is 9. The number of ketones is 2. The number of amides is 6. The van der Waals surface area contributed by atoms with Crippen molar-refractivity contribution in [1.82, 2.24) is 30.3 Å². The first-order chi connectivity index (χ1) is 36.6. The molecule has 1 aromatic carbocycles. The van der Waals surface area contributed by atoms with Crippen LogP contribution in [0.3, 0.4) is 0 Å². The number of thiazole rings is 1. The van der Waals surface area contributed by atoms with Gasteiger partial charge < -0.3 is 31.1 Å². The van der Waals surface area contributed by atoms with E-state index in [1.165, 1.54) is 28.0 Å². The van der Waals surface area contributed by atoms with Crippen LogP contribution < -0.4 is 16.4 Å². The minimum atomic E-state index is -1.01. The third-order valence-corrected chi connectivity index (χ3v) is 17.4. The second-order valence-corrected chi connectivity index (χ2v) is 23.6. The lowest BCUT2D eigenvalue weighted by atomic mass is 9.83. The standard InChI is InChI=1S/C57H87N7O11S2/c1-10-36(4)41(31-47(66)44-19-15-17-26-62(44)6)55(71)63(7)45(35(2)3)32-48(75-8)54-61-43(34-77-54)53(70)59-40(28-37(5)57(73)74)29-38-22-24-39(25-23-38)30-46(65)42(18-13-14-20-50(58)67)60-51(68)21-12-11-16-27-64-52(69)33-49(76-9)56(64)72/h22-25,34-37,40-42,44-45,48-49H,10-21,26-33H2,1-9H3,(H2,58,67)(H,59,70)(H,60,68)(H,73,74)/t36-,37?,40+,41-,42-,44+,45+,48+,49?/m0/s1. The van der Waals surface area contributed by atoms with E-state index in [4.69, 9.17) is 15.5 Å². The summed E-state index contributed by atoms with van der Waals surface area (Å²) in [5.41, 5.74) is 6.97. The highest BCUT2D eigenvalue weighted by molar-refractivity contribution is 8.00. The number of carboxylic acids is 1. The van der Waals surface area contributed by atoms with Gasteiger partial charge in [0.2, 0.25) is 29.5 Å². The van der Waals surface area contributed by atoms with Gasteiger partial charge in [-0.1, -0.05) is 84.6 Å². The zero-order valence-corrected chi connectivity index (χ0v) is 48.6. The lowest BCUT2D eigenvalue weighted by Crippen LogP contribution is -2.48. The Morgan fingerprint density at radius 1 is 0.948 bits per heavy atom. The summed E-state index contributed by atoms with van der Waals surface area (Å²) < 4.78 is 5.98. The topological polar surface area (TPSA) is 256 Å². The SMILES string of the molecule is CC[C@H](C)[C@H](CC(=O)[C@H]1CCCCN1C)C(=O)N(C)[C@H](C[C@@H](OC)c1nc(C(=O)N[C@@H](Cc2ccc(CC(=O)[C@H](CCCCC(N)=O)NC(=O)CCCCCN3C(=O)CC(SC)C3=O)cc2)CC(C)C(=O)O)cs1)C(C)C. The number of imide groups is 1. The maximum Gasteiger partial charge on any atom is 0.306 e. The smallest absolute Gasteiger partial charge is 0.306 e. The third kappa shape index (κ3) is 20.0. The Hall–Kier alpha value is -5.05. The zero-order chi connectivity index (χ0) is 56.9. The number of nitrogens with zero attached hydrogens (tertiary/aromatic N) is 4. The number of hydrogen-bond acceptors (Lipinski definition) is 14. The van der Waals surface area contributed by atoms with Crippen molar-refractivity contribution in [3.8, 4) is 0 Å². The van der Waals surface area contributed by atoms with E-state index in [1.807, 2.05) is 46.9 Å². The Kier molecular flexibility index (Phi) is 26.9. The zero-order valence-electron chi connectivity index (χ0n) is 47.0. The van der Waals surface area contributed by atoms with Gasteiger partial charge in [-0.25, -0.2) is 4.98 Å². The second kappa shape index (κ2) is 32.1. The molecule has 0 radical (unpaired) electrons. The Labute approximate surface area is 464 Å². The van der Waals surface area contributed by atoms with Crippen LogP contribution in [-0.4, -0.2) is 148 Å². The predicted molar refractivity (Wildman–Crippen MR) is 299 cm³/mol. The fourth-order valence-corrected chi connectivity index (χ4v) is 12.0. The number of unbranched alkanes of at least 4 members (excludes halogenated alkanes) is 3. The number of nitrogens with one attached hydrogen (secondary N) is 2. The predicted octanol–water partition coefficient (Wildman–Crippen LogP) is 6.95. The fourth-order valence-electron chi connectivity index (χ4n) is 10.4. The molecule has 77 heavy (non-hydrogen) atoms. The number of likely N-dealkylation sites (N-methyl/N-ethyl adjacent to an activating group) is 1. The van der Waals surface area contributed by atoms with Gasteiger partial charge in [-0.3, -0.25) is 53.0 Å². The Morgan fingerprint density at radius 2 is 1.64 bits per heavy atom. The van der Waals surface area contributed by atoms with Gasteiger partial charge in [0.05, 0.1) is 23.3 Å². The van der Waals surface area contributed by atoms with Gasteiger partial charge in [0, 0.05) is 82.6 Å². The molecule has 2 unspecified atom stereocenters. The molecule has 4 rings (SSSR count). The second-order valence-electron chi connectivity index (χ2n) is 21.7. The summed E-state index contributed by atoms with van der Waals surface area (Å²) >= 11 is 2.63. The van der Waals surface area contributed by atoms with Crippen LogP contribution in [0.2, 0.25) is 0 Å². The number of methoxy groups -OCH3 is 1. The average molecular weight is 1110 g/mol. The number of likely N-dealkylation sites (tertiary alicyclic amines) is 2. The van der Waals surface area contributed by atoms with E-state index in [1.54, 1.807) is 49.7 Å². The number of aliphatic carboxylic acids is 1. The Morgan fingerprint density at radius 3 is 2.25 bits per heavy atom. The highest BCUT2D eigenvalue weighted by Crippen LogP contribution is 2.33. The number of Topliss-reactive ketones (excluding diaryl/α,β-unsaturated/α-hetero) is 2. The first kappa shape index (κ1) is 64.5. The van der Waals surface area contributed by atoms with E-state index in [9.17, 15) is 48.3 Å².